The molecule has 0 spiro atoms. The van der Waals surface area contributed by atoms with E-state index in [1.165, 1.54) is 19.3 Å². The van der Waals surface area contributed by atoms with E-state index >= 15 is 0 Å². The van der Waals surface area contributed by atoms with Crippen LogP contribution >= 0.6 is 0 Å². The van der Waals surface area contributed by atoms with E-state index in [0.29, 0.717) is 10.8 Å². The molecule has 0 aromatic carbocycles. The third-order valence-corrected chi connectivity index (χ3v) is 5.23. The third kappa shape index (κ3) is 0.666. The molecule has 11 heavy (non-hydrogen) atoms. The Morgan fingerprint density at radius 2 is 1.82 bits per heavy atom. The van der Waals surface area contributed by atoms with Gasteiger partial charge in [0, 0.05) is 0 Å². The zero-order valence-corrected chi connectivity index (χ0v) is 8.28. The van der Waals surface area contributed by atoms with Gasteiger partial charge in [0.1, 0.15) is 0 Å². The fraction of sp³-hybridized carbons (Fsp3) is 1.00. The van der Waals surface area contributed by atoms with E-state index in [0.717, 1.165) is 11.8 Å². The average molecular weight is 152 g/mol. The van der Waals surface area contributed by atoms with Crippen LogP contribution in [0.4, 0.5) is 0 Å². The standard InChI is InChI=1S/C11H20/c1-8-7-9-5-6-11(8,4)10(9,2)3/h8-9H,5-7H2,1-4H3/t8-,9-,11+/m1/s1. The Morgan fingerprint density at radius 1 is 1.18 bits per heavy atom. The van der Waals surface area contributed by atoms with Gasteiger partial charge in [0.25, 0.3) is 0 Å². The molecule has 0 amide bonds. The molecule has 2 aliphatic rings. The maximum atomic E-state index is 2.50. The number of fused-ring (bicyclic) bond motifs is 2. The molecular weight excluding hydrogens is 132 g/mol. The van der Waals surface area contributed by atoms with Crippen molar-refractivity contribution in [2.45, 2.75) is 47.0 Å². The average Bonchev–Trinajstić information content (AvgIpc) is 2.20. The van der Waals surface area contributed by atoms with Crippen molar-refractivity contribution in [3.05, 3.63) is 0 Å². The minimum absolute atomic E-state index is 0.631. The molecule has 2 aliphatic carbocycles. The monoisotopic (exact) mass is 152 g/mol. The van der Waals surface area contributed by atoms with Crippen LogP contribution in [-0.4, -0.2) is 0 Å². The lowest BCUT2D eigenvalue weighted by Crippen LogP contribution is -2.30. The van der Waals surface area contributed by atoms with Gasteiger partial charge >= 0.3 is 0 Å². The summed E-state index contributed by atoms with van der Waals surface area (Å²) in [6, 6.07) is 0. The summed E-state index contributed by atoms with van der Waals surface area (Å²) >= 11 is 0. The van der Waals surface area contributed by atoms with Crippen molar-refractivity contribution in [3.63, 3.8) is 0 Å². The maximum Gasteiger partial charge on any atom is -0.0246 e. The molecule has 2 rings (SSSR count). The van der Waals surface area contributed by atoms with Crippen molar-refractivity contribution >= 4 is 0 Å². The predicted molar refractivity (Wildman–Crippen MR) is 48.4 cm³/mol. The van der Waals surface area contributed by atoms with Crippen molar-refractivity contribution in [2.75, 3.05) is 0 Å². The highest BCUT2D eigenvalue weighted by Crippen LogP contribution is 2.67. The fourth-order valence-corrected chi connectivity index (χ4v) is 3.60. The zero-order valence-electron chi connectivity index (χ0n) is 8.28. The van der Waals surface area contributed by atoms with E-state index in [1.807, 2.05) is 0 Å². The number of hydrogen-bond acceptors (Lipinski definition) is 0. The van der Waals surface area contributed by atoms with Gasteiger partial charge in [0.2, 0.25) is 0 Å². The van der Waals surface area contributed by atoms with Crippen LogP contribution < -0.4 is 0 Å². The van der Waals surface area contributed by atoms with Gasteiger partial charge in [0.05, 0.1) is 0 Å². The van der Waals surface area contributed by atoms with Crippen molar-refractivity contribution in [2.24, 2.45) is 22.7 Å². The summed E-state index contributed by atoms with van der Waals surface area (Å²) in [7, 11) is 0. The summed E-state index contributed by atoms with van der Waals surface area (Å²) < 4.78 is 0. The van der Waals surface area contributed by atoms with E-state index in [4.69, 9.17) is 0 Å². The molecule has 0 radical (unpaired) electrons. The van der Waals surface area contributed by atoms with Gasteiger partial charge < -0.3 is 0 Å². The van der Waals surface area contributed by atoms with Crippen molar-refractivity contribution in [1.29, 1.82) is 0 Å². The summed E-state index contributed by atoms with van der Waals surface area (Å²) in [5, 5.41) is 0. The maximum absolute atomic E-state index is 2.50. The van der Waals surface area contributed by atoms with Gasteiger partial charge in [-0.3, -0.25) is 0 Å². The minimum Gasteiger partial charge on any atom is -0.0620 e. The zero-order chi connectivity index (χ0) is 8.28. The smallest absolute Gasteiger partial charge is 0.0246 e. The van der Waals surface area contributed by atoms with E-state index in [1.54, 1.807) is 0 Å². The normalized spacial score (nSPS) is 53.5. The first kappa shape index (κ1) is 7.64. The molecule has 2 fully saturated rings. The van der Waals surface area contributed by atoms with Crippen molar-refractivity contribution in [1.82, 2.24) is 0 Å². The quantitative estimate of drug-likeness (QED) is 0.498. The van der Waals surface area contributed by atoms with Gasteiger partial charge in [-0.05, 0) is 41.9 Å². The van der Waals surface area contributed by atoms with Crippen LogP contribution in [0.25, 0.3) is 0 Å². The van der Waals surface area contributed by atoms with E-state index in [-0.39, 0.29) is 0 Å². The van der Waals surface area contributed by atoms with E-state index in [9.17, 15) is 0 Å². The first-order chi connectivity index (χ1) is 4.98. The molecule has 64 valence electrons. The lowest BCUT2D eigenvalue weighted by molar-refractivity contribution is 0.112. The van der Waals surface area contributed by atoms with Crippen LogP contribution in [0.3, 0.4) is 0 Å². The van der Waals surface area contributed by atoms with Gasteiger partial charge in [-0.2, -0.15) is 0 Å². The molecule has 0 unspecified atom stereocenters. The summed E-state index contributed by atoms with van der Waals surface area (Å²) in [4.78, 5) is 0. The Balaban J connectivity index is 2.40. The molecule has 0 N–H and O–H groups in total. The van der Waals surface area contributed by atoms with Crippen LogP contribution in [0, 0.1) is 22.7 Å². The first-order valence-electron chi connectivity index (χ1n) is 4.98. The fourth-order valence-electron chi connectivity index (χ4n) is 3.60. The molecular formula is C11H20. The lowest BCUT2D eigenvalue weighted by atomic mass is 9.67. The second kappa shape index (κ2) is 1.84. The van der Waals surface area contributed by atoms with Crippen molar-refractivity contribution < 1.29 is 0 Å². The molecule has 0 heteroatoms. The predicted octanol–water partition coefficient (Wildman–Crippen LogP) is 3.47. The van der Waals surface area contributed by atoms with Crippen LogP contribution in [0.15, 0.2) is 0 Å². The van der Waals surface area contributed by atoms with E-state index < -0.39 is 0 Å². The SMILES string of the molecule is C[C@@H]1C[C@H]2CC[C@]1(C)C2(C)C. The lowest BCUT2D eigenvalue weighted by Gasteiger charge is -2.37. The molecule has 0 saturated heterocycles. The highest BCUT2D eigenvalue weighted by Gasteiger charge is 2.59. The van der Waals surface area contributed by atoms with Gasteiger partial charge in [-0.1, -0.05) is 27.7 Å². The first-order valence-corrected chi connectivity index (χ1v) is 4.98. The Bertz CT molecular complexity index is 180. The van der Waals surface area contributed by atoms with Gasteiger partial charge in [0.15, 0.2) is 0 Å². The Labute approximate surface area is 70.4 Å². The Hall–Kier alpha value is 0. The number of hydrogen-bond donors (Lipinski definition) is 0. The minimum atomic E-state index is 0.631. The molecule has 0 aromatic heterocycles. The Kier molecular flexibility index (Phi) is 1.28. The number of rotatable bonds is 0. The van der Waals surface area contributed by atoms with Crippen LogP contribution in [0.5, 0.6) is 0 Å². The molecule has 2 saturated carbocycles. The molecule has 0 nitrogen and oxygen atoms in total. The Morgan fingerprint density at radius 3 is 2.00 bits per heavy atom. The molecule has 2 bridgehead atoms. The third-order valence-electron chi connectivity index (χ3n) is 5.23. The summed E-state index contributed by atoms with van der Waals surface area (Å²) in [6.45, 7) is 9.91. The van der Waals surface area contributed by atoms with Crippen LogP contribution in [-0.2, 0) is 0 Å². The summed E-state index contributed by atoms with van der Waals surface area (Å²) in [5.74, 6) is 2.00. The largest absolute Gasteiger partial charge is 0.0620 e. The second-order valence-corrected chi connectivity index (χ2v) is 5.51. The van der Waals surface area contributed by atoms with Crippen LogP contribution in [0.2, 0.25) is 0 Å². The topological polar surface area (TPSA) is 0 Å². The second-order valence-electron chi connectivity index (χ2n) is 5.51. The van der Waals surface area contributed by atoms with Crippen LogP contribution in [0.1, 0.15) is 47.0 Å². The molecule has 0 aromatic rings. The highest BCUT2D eigenvalue weighted by molar-refractivity contribution is 5.08. The summed E-state index contributed by atoms with van der Waals surface area (Å²) in [5.41, 5.74) is 1.30. The van der Waals surface area contributed by atoms with Crippen molar-refractivity contribution in [3.8, 4) is 0 Å². The van der Waals surface area contributed by atoms with Gasteiger partial charge in [-0.15, -0.1) is 0 Å². The molecule has 0 aliphatic heterocycles. The summed E-state index contributed by atoms with van der Waals surface area (Å²) in [6.07, 6.45) is 4.46. The molecule has 0 heterocycles. The molecule has 3 atom stereocenters. The van der Waals surface area contributed by atoms with Gasteiger partial charge in [-0.25, -0.2) is 0 Å². The van der Waals surface area contributed by atoms with E-state index in [2.05, 4.69) is 27.7 Å². The highest BCUT2D eigenvalue weighted by atomic mass is 14.6.